The summed E-state index contributed by atoms with van der Waals surface area (Å²) in [5.41, 5.74) is 2.55. The molecule has 3 rings (SSSR count). The lowest BCUT2D eigenvalue weighted by molar-refractivity contribution is 0.226. The highest BCUT2D eigenvalue weighted by atomic mass is 15.3. The standard InChI is InChI=1S/C17H24N4/c1-20-9-5-8-17(14-20)18-10-16-11-19-21(13-16)12-15-6-3-2-4-7-15/h2-4,6-7,11,13,17-18H,5,8-10,12,14H2,1H3. The number of hydrogen-bond acceptors (Lipinski definition) is 3. The van der Waals surface area contributed by atoms with Crippen LogP contribution in [-0.4, -0.2) is 40.9 Å². The van der Waals surface area contributed by atoms with Crippen molar-refractivity contribution in [3.05, 3.63) is 53.9 Å². The van der Waals surface area contributed by atoms with Crippen LogP contribution in [0.15, 0.2) is 42.7 Å². The molecular formula is C17H24N4. The Hall–Kier alpha value is -1.65. The molecule has 4 heteroatoms. The number of aromatic nitrogens is 2. The Kier molecular flexibility index (Phi) is 4.68. The Morgan fingerprint density at radius 2 is 2.10 bits per heavy atom. The fourth-order valence-corrected chi connectivity index (χ4v) is 2.95. The fraction of sp³-hybridized carbons (Fsp3) is 0.471. The van der Waals surface area contributed by atoms with E-state index in [0.29, 0.717) is 6.04 Å². The molecule has 1 N–H and O–H groups in total. The molecule has 1 saturated heterocycles. The maximum absolute atomic E-state index is 4.46. The van der Waals surface area contributed by atoms with Gasteiger partial charge in [0.15, 0.2) is 0 Å². The summed E-state index contributed by atoms with van der Waals surface area (Å²) in [5.74, 6) is 0. The normalized spacial score (nSPS) is 19.8. The van der Waals surface area contributed by atoms with Crippen molar-refractivity contribution in [2.24, 2.45) is 0 Å². The van der Waals surface area contributed by atoms with Crippen molar-refractivity contribution >= 4 is 0 Å². The zero-order chi connectivity index (χ0) is 14.5. The molecule has 4 nitrogen and oxygen atoms in total. The molecule has 1 aliphatic rings. The summed E-state index contributed by atoms with van der Waals surface area (Å²) >= 11 is 0. The van der Waals surface area contributed by atoms with Gasteiger partial charge in [-0.25, -0.2) is 0 Å². The van der Waals surface area contributed by atoms with Gasteiger partial charge in [-0.3, -0.25) is 4.68 Å². The van der Waals surface area contributed by atoms with Gasteiger partial charge in [0, 0.05) is 30.9 Å². The van der Waals surface area contributed by atoms with Gasteiger partial charge in [0.25, 0.3) is 0 Å². The van der Waals surface area contributed by atoms with Crippen LogP contribution in [0.1, 0.15) is 24.0 Å². The van der Waals surface area contributed by atoms with Crippen LogP contribution in [0.4, 0.5) is 0 Å². The highest BCUT2D eigenvalue weighted by molar-refractivity contribution is 5.15. The van der Waals surface area contributed by atoms with E-state index in [2.05, 4.69) is 52.8 Å². The van der Waals surface area contributed by atoms with Gasteiger partial charge in [0.2, 0.25) is 0 Å². The molecule has 1 aromatic heterocycles. The number of rotatable bonds is 5. The Balaban J connectivity index is 1.51. The van der Waals surface area contributed by atoms with Gasteiger partial charge in [-0.15, -0.1) is 0 Å². The van der Waals surface area contributed by atoms with Crippen molar-refractivity contribution in [3.63, 3.8) is 0 Å². The van der Waals surface area contributed by atoms with Crippen LogP contribution in [-0.2, 0) is 13.1 Å². The van der Waals surface area contributed by atoms with Crippen molar-refractivity contribution in [1.29, 1.82) is 0 Å². The molecule has 0 aliphatic carbocycles. The van der Waals surface area contributed by atoms with Crippen LogP contribution in [0.3, 0.4) is 0 Å². The lowest BCUT2D eigenvalue weighted by Crippen LogP contribution is -2.43. The van der Waals surface area contributed by atoms with E-state index in [1.54, 1.807) is 0 Å². The summed E-state index contributed by atoms with van der Waals surface area (Å²) < 4.78 is 2.01. The molecule has 1 atom stereocenters. The minimum Gasteiger partial charge on any atom is -0.309 e. The first-order chi connectivity index (χ1) is 10.3. The molecule has 0 saturated carbocycles. The van der Waals surface area contributed by atoms with Crippen molar-refractivity contribution in [2.75, 3.05) is 20.1 Å². The first kappa shape index (κ1) is 14.3. The third-order valence-electron chi connectivity index (χ3n) is 4.09. The monoisotopic (exact) mass is 284 g/mol. The van der Waals surface area contributed by atoms with Gasteiger partial charge in [0.1, 0.15) is 0 Å². The van der Waals surface area contributed by atoms with Gasteiger partial charge in [0.05, 0.1) is 12.7 Å². The Bertz CT molecular complexity index is 549. The van der Waals surface area contributed by atoms with Crippen LogP contribution >= 0.6 is 0 Å². The number of likely N-dealkylation sites (tertiary alicyclic amines) is 1. The summed E-state index contributed by atoms with van der Waals surface area (Å²) in [6.07, 6.45) is 6.69. The lowest BCUT2D eigenvalue weighted by atomic mass is 10.1. The van der Waals surface area contributed by atoms with E-state index in [9.17, 15) is 0 Å². The third kappa shape index (κ3) is 4.16. The van der Waals surface area contributed by atoms with E-state index in [-0.39, 0.29) is 0 Å². The molecule has 2 aromatic rings. The van der Waals surface area contributed by atoms with Crippen molar-refractivity contribution in [2.45, 2.75) is 32.0 Å². The summed E-state index contributed by atoms with van der Waals surface area (Å²) in [5, 5.41) is 8.11. The lowest BCUT2D eigenvalue weighted by Gasteiger charge is -2.30. The maximum Gasteiger partial charge on any atom is 0.0659 e. The van der Waals surface area contributed by atoms with Crippen molar-refractivity contribution < 1.29 is 0 Å². The third-order valence-corrected chi connectivity index (χ3v) is 4.09. The highest BCUT2D eigenvalue weighted by Crippen LogP contribution is 2.09. The number of likely N-dealkylation sites (N-methyl/N-ethyl adjacent to an activating group) is 1. The Labute approximate surface area is 126 Å². The number of benzene rings is 1. The molecule has 0 spiro atoms. The highest BCUT2D eigenvalue weighted by Gasteiger charge is 2.16. The van der Waals surface area contributed by atoms with Gasteiger partial charge in [-0.1, -0.05) is 30.3 Å². The quantitative estimate of drug-likeness (QED) is 0.913. The van der Waals surface area contributed by atoms with Crippen molar-refractivity contribution in [1.82, 2.24) is 20.0 Å². The minimum atomic E-state index is 0.612. The first-order valence-electron chi connectivity index (χ1n) is 7.77. The summed E-state index contributed by atoms with van der Waals surface area (Å²) in [7, 11) is 2.20. The molecule has 0 bridgehead atoms. The SMILES string of the molecule is CN1CCCC(NCc2cnn(Cc3ccccc3)c2)C1. The minimum absolute atomic E-state index is 0.612. The van der Waals surface area contributed by atoms with Crippen LogP contribution < -0.4 is 5.32 Å². The second-order valence-electron chi connectivity index (χ2n) is 6.01. The molecule has 21 heavy (non-hydrogen) atoms. The number of nitrogens with one attached hydrogen (secondary N) is 1. The zero-order valence-corrected chi connectivity index (χ0v) is 12.7. The average Bonchev–Trinajstić information content (AvgIpc) is 2.94. The number of piperidine rings is 1. The molecule has 0 radical (unpaired) electrons. The largest absolute Gasteiger partial charge is 0.309 e. The maximum atomic E-state index is 4.46. The summed E-state index contributed by atoms with van der Waals surface area (Å²) in [6, 6.07) is 11.1. The van der Waals surface area contributed by atoms with Crippen LogP contribution in [0, 0.1) is 0 Å². The molecule has 1 unspecified atom stereocenters. The molecule has 1 fully saturated rings. The predicted octanol–water partition coefficient (Wildman–Crippen LogP) is 2.12. The molecule has 112 valence electrons. The van der Waals surface area contributed by atoms with Crippen LogP contribution in [0.5, 0.6) is 0 Å². The Morgan fingerprint density at radius 3 is 2.90 bits per heavy atom. The average molecular weight is 284 g/mol. The van der Waals surface area contributed by atoms with E-state index >= 15 is 0 Å². The predicted molar refractivity (Wildman–Crippen MR) is 85.1 cm³/mol. The second-order valence-corrected chi connectivity index (χ2v) is 6.01. The molecule has 2 heterocycles. The molecule has 1 aromatic carbocycles. The van der Waals surface area contributed by atoms with E-state index < -0.39 is 0 Å². The second kappa shape index (κ2) is 6.87. The van der Waals surface area contributed by atoms with E-state index in [1.807, 2.05) is 16.9 Å². The van der Waals surface area contributed by atoms with E-state index in [1.165, 1.54) is 30.5 Å². The fourth-order valence-electron chi connectivity index (χ4n) is 2.95. The number of nitrogens with zero attached hydrogens (tertiary/aromatic N) is 3. The van der Waals surface area contributed by atoms with Gasteiger partial charge in [-0.2, -0.15) is 5.10 Å². The smallest absolute Gasteiger partial charge is 0.0659 e. The van der Waals surface area contributed by atoms with Gasteiger partial charge < -0.3 is 10.2 Å². The van der Waals surface area contributed by atoms with E-state index in [0.717, 1.165) is 19.6 Å². The van der Waals surface area contributed by atoms with Gasteiger partial charge >= 0.3 is 0 Å². The van der Waals surface area contributed by atoms with E-state index in [4.69, 9.17) is 0 Å². The molecular weight excluding hydrogens is 260 g/mol. The number of hydrogen-bond donors (Lipinski definition) is 1. The topological polar surface area (TPSA) is 33.1 Å². The summed E-state index contributed by atoms with van der Waals surface area (Å²) in [6.45, 7) is 4.13. The Morgan fingerprint density at radius 1 is 1.24 bits per heavy atom. The van der Waals surface area contributed by atoms with Gasteiger partial charge in [-0.05, 0) is 32.0 Å². The van der Waals surface area contributed by atoms with Crippen LogP contribution in [0.25, 0.3) is 0 Å². The van der Waals surface area contributed by atoms with Crippen LogP contribution in [0.2, 0.25) is 0 Å². The molecule has 0 amide bonds. The van der Waals surface area contributed by atoms with Crippen molar-refractivity contribution in [3.8, 4) is 0 Å². The summed E-state index contributed by atoms with van der Waals surface area (Å²) in [4.78, 5) is 2.40. The zero-order valence-electron chi connectivity index (χ0n) is 12.7. The molecule has 1 aliphatic heterocycles. The first-order valence-corrected chi connectivity index (χ1v) is 7.77.